The molecule has 0 saturated carbocycles. The Bertz CT molecular complexity index is 413. The molecule has 0 unspecified atom stereocenters. The highest BCUT2D eigenvalue weighted by Crippen LogP contribution is 2.38. The third kappa shape index (κ3) is 4.20. The maximum atomic E-state index is 12.1. The van der Waals surface area contributed by atoms with Crippen molar-refractivity contribution in [2.24, 2.45) is 5.41 Å². The fourth-order valence-corrected chi connectivity index (χ4v) is 3.62. The molecule has 6 nitrogen and oxygen atoms in total. The third-order valence-corrected chi connectivity index (χ3v) is 4.91. The molecule has 0 bridgehead atoms. The van der Waals surface area contributed by atoms with E-state index in [1.54, 1.807) is 26.1 Å². The number of nitrogens with zero attached hydrogens (tertiary/aromatic N) is 3. The molecule has 126 valence electrons. The van der Waals surface area contributed by atoms with Crippen molar-refractivity contribution < 1.29 is 14.3 Å². The highest BCUT2D eigenvalue weighted by molar-refractivity contribution is 5.78. The van der Waals surface area contributed by atoms with E-state index in [0.717, 1.165) is 38.9 Å². The van der Waals surface area contributed by atoms with Crippen molar-refractivity contribution >= 4 is 11.8 Å². The van der Waals surface area contributed by atoms with Crippen LogP contribution < -0.4 is 0 Å². The number of carbonyl (C=O) groups is 2. The Morgan fingerprint density at radius 2 is 2.09 bits per heavy atom. The van der Waals surface area contributed by atoms with Crippen LogP contribution in [0.15, 0.2) is 0 Å². The van der Waals surface area contributed by atoms with Crippen LogP contribution in [0.5, 0.6) is 0 Å². The predicted molar refractivity (Wildman–Crippen MR) is 84.5 cm³/mol. The van der Waals surface area contributed by atoms with Gasteiger partial charge in [-0.3, -0.25) is 14.5 Å². The molecule has 0 aromatic heterocycles. The Kier molecular flexibility index (Phi) is 5.81. The summed E-state index contributed by atoms with van der Waals surface area (Å²) in [5.74, 6) is 0.393. The summed E-state index contributed by atoms with van der Waals surface area (Å²) in [6.07, 6.45) is 3.82. The summed E-state index contributed by atoms with van der Waals surface area (Å²) in [6.45, 7) is 4.46. The zero-order valence-corrected chi connectivity index (χ0v) is 14.1. The molecular weight excluding hydrogens is 282 g/mol. The molecule has 0 radical (unpaired) electrons. The molecule has 2 fully saturated rings. The molecule has 1 spiro atoms. The van der Waals surface area contributed by atoms with Crippen LogP contribution in [0.25, 0.3) is 0 Å². The lowest BCUT2D eigenvalue weighted by Crippen LogP contribution is -2.55. The number of likely N-dealkylation sites (tertiary alicyclic amines) is 2. The topological polar surface area (TPSA) is 53.1 Å². The minimum atomic E-state index is 0.153. The first-order valence-corrected chi connectivity index (χ1v) is 8.15. The standard InChI is InChI=1S/C16H29N3O3/c1-17(2)15(21)11-18-8-4-6-16(12-18)7-5-14(20)19(13-16)9-10-22-3/h4-13H2,1-3H3/t16-/m1/s1. The number of hydrogen-bond acceptors (Lipinski definition) is 4. The number of hydrogen-bond donors (Lipinski definition) is 0. The Morgan fingerprint density at radius 1 is 1.32 bits per heavy atom. The molecule has 2 heterocycles. The summed E-state index contributed by atoms with van der Waals surface area (Å²) in [4.78, 5) is 29.9. The zero-order valence-electron chi connectivity index (χ0n) is 14.1. The molecule has 2 aliphatic heterocycles. The number of carbonyl (C=O) groups excluding carboxylic acids is 2. The molecule has 0 aromatic carbocycles. The van der Waals surface area contributed by atoms with E-state index in [4.69, 9.17) is 4.74 Å². The van der Waals surface area contributed by atoms with Gasteiger partial charge in [0.2, 0.25) is 11.8 Å². The van der Waals surface area contributed by atoms with Crippen molar-refractivity contribution in [3.05, 3.63) is 0 Å². The van der Waals surface area contributed by atoms with Gasteiger partial charge in [0.05, 0.1) is 13.2 Å². The lowest BCUT2D eigenvalue weighted by atomic mass is 9.73. The summed E-state index contributed by atoms with van der Waals surface area (Å²) in [5.41, 5.74) is 0.159. The van der Waals surface area contributed by atoms with Gasteiger partial charge in [-0.15, -0.1) is 0 Å². The largest absolute Gasteiger partial charge is 0.383 e. The normalized spacial score (nSPS) is 26.5. The summed E-state index contributed by atoms with van der Waals surface area (Å²) < 4.78 is 5.11. The predicted octanol–water partition coefficient (Wildman–Crippen LogP) is 0.426. The minimum Gasteiger partial charge on any atom is -0.383 e. The summed E-state index contributed by atoms with van der Waals surface area (Å²) in [6, 6.07) is 0. The fraction of sp³-hybridized carbons (Fsp3) is 0.875. The molecule has 0 aliphatic carbocycles. The number of methoxy groups -OCH3 is 1. The van der Waals surface area contributed by atoms with Gasteiger partial charge in [0, 0.05) is 52.7 Å². The molecule has 0 aromatic rings. The van der Waals surface area contributed by atoms with Crippen molar-refractivity contribution in [1.29, 1.82) is 0 Å². The Balaban J connectivity index is 1.97. The maximum Gasteiger partial charge on any atom is 0.236 e. The first-order valence-electron chi connectivity index (χ1n) is 8.15. The highest BCUT2D eigenvalue weighted by atomic mass is 16.5. The Morgan fingerprint density at radius 3 is 2.77 bits per heavy atom. The van der Waals surface area contributed by atoms with Gasteiger partial charge in [-0.05, 0) is 25.8 Å². The first kappa shape index (κ1) is 17.2. The fourth-order valence-electron chi connectivity index (χ4n) is 3.62. The number of likely N-dealkylation sites (N-methyl/N-ethyl adjacent to an activating group) is 1. The van der Waals surface area contributed by atoms with E-state index in [2.05, 4.69) is 4.90 Å². The average Bonchev–Trinajstić information content (AvgIpc) is 2.48. The molecule has 2 rings (SSSR count). The third-order valence-electron chi connectivity index (χ3n) is 4.91. The Labute approximate surface area is 133 Å². The van der Waals surface area contributed by atoms with Gasteiger partial charge in [0.1, 0.15) is 0 Å². The van der Waals surface area contributed by atoms with E-state index >= 15 is 0 Å². The molecular formula is C16H29N3O3. The molecule has 1 atom stereocenters. The minimum absolute atomic E-state index is 0.153. The van der Waals surface area contributed by atoms with Gasteiger partial charge < -0.3 is 14.5 Å². The van der Waals surface area contributed by atoms with Crippen molar-refractivity contribution in [2.45, 2.75) is 25.7 Å². The monoisotopic (exact) mass is 311 g/mol. The van der Waals surface area contributed by atoms with E-state index in [0.29, 0.717) is 26.1 Å². The maximum absolute atomic E-state index is 12.1. The van der Waals surface area contributed by atoms with Crippen LogP contribution in [0, 0.1) is 5.41 Å². The summed E-state index contributed by atoms with van der Waals surface area (Å²) in [5, 5.41) is 0. The highest BCUT2D eigenvalue weighted by Gasteiger charge is 2.41. The second-order valence-corrected chi connectivity index (χ2v) is 6.91. The number of amides is 2. The molecule has 2 aliphatic rings. The first-order chi connectivity index (χ1) is 10.5. The van der Waals surface area contributed by atoms with Crippen LogP contribution in [0.4, 0.5) is 0 Å². The SMILES string of the molecule is COCCN1C[C@]2(CCCN(CC(=O)N(C)C)C2)CCC1=O. The molecule has 22 heavy (non-hydrogen) atoms. The number of rotatable bonds is 5. The van der Waals surface area contributed by atoms with Gasteiger partial charge in [-0.25, -0.2) is 0 Å². The molecule has 2 saturated heterocycles. The van der Waals surface area contributed by atoms with Crippen LogP contribution in [-0.4, -0.2) is 87.0 Å². The van der Waals surface area contributed by atoms with Crippen LogP contribution in [0.1, 0.15) is 25.7 Å². The molecule has 0 N–H and O–H groups in total. The van der Waals surface area contributed by atoms with Gasteiger partial charge >= 0.3 is 0 Å². The van der Waals surface area contributed by atoms with Gasteiger partial charge in [0.25, 0.3) is 0 Å². The zero-order chi connectivity index (χ0) is 16.2. The van der Waals surface area contributed by atoms with Crippen LogP contribution in [0.2, 0.25) is 0 Å². The average molecular weight is 311 g/mol. The molecule has 6 heteroatoms. The van der Waals surface area contributed by atoms with Crippen molar-refractivity contribution in [3.8, 4) is 0 Å². The van der Waals surface area contributed by atoms with Crippen molar-refractivity contribution in [1.82, 2.24) is 14.7 Å². The smallest absolute Gasteiger partial charge is 0.236 e. The number of ether oxygens (including phenoxy) is 1. The van der Waals surface area contributed by atoms with Crippen LogP contribution in [0.3, 0.4) is 0 Å². The second-order valence-electron chi connectivity index (χ2n) is 6.91. The van der Waals surface area contributed by atoms with E-state index in [-0.39, 0.29) is 17.2 Å². The Hall–Kier alpha value is -1.14. The lowest BCUT2D eigenvalue weighted by Gasteiger charge is -2.48. The van der Waals surface area contributed by atoms with Gasteiger partial charge in [-0.2, -0.15) is 0 Å². The lowest BCUT2D eigenvalue weighted by molar-refractivity contribution is -0.141. The van der Waals surface area contributed by atoms with Crippen LogP contribution >= 0.6 is 0 Å². The van der Waals surface area contributed by atoms with Crippen molar-refractivity contribution in [3.63, 3.8) is 0 Å². The number of piperidine rings is 2. The van der Waals surface area contributed by atoms with E-state index in [9.17, 15) is 9.59 Å². The van der Waals surface area contributed by atoms with Gasteiger partial charge in [-0.1, -0.05) is 0 Å². The van der Waals surface area contributed by atoms with Gasteiger partial charge in [0.15, 0.2) is 0 Å². The van der Waals surface area contributed by atoms with Crippen molar-refractivity contribution in [2.75, 3.05) is 60.5 Å². The quantitative estimate of drug-likeness (QED) is 0.739. The van der Waals surface area contributed by atoms with E-state index < -0.39 is 0 Å². The summed E-state index contributed by atoms with van der Waals surface area (Å²) in [7, 11) is 5.26. The van der Waals surface area contributed by atoms with E-state index in [1.807, 2.05) is 4.90 Å². The molecule has 2 amide bonds. The second kappa shape index (κ2) is 7.42. The van der Waals surface area contributed by atoms with E-state index in [1.165, 1.54) is 0 Å². The van der Waals surface area contributed by atoms with Crippen LogP contribution in [-0.2, 0) is 14.3 Å². The summed E-state index contributed by atoms with van der Waals surface area (Å²) >= 11 is 0.